The molecule has 0 aliphatic rings. The van der Waals surface area contributed by atoms with Gasteiger partial charge in [-0.1, -0.05) is 0 Å². The van der Waals surface area contributed by atoms with Gasteiger partial charge in [-0.15, -0.1) is 0 Å². The van der Waals surface area contributed by atoms with Crippen LogP contribution in [-0.4, -0.2) is 5.11 Å². The third-order valence-electron chi connectivity index (χ3n) is 1.65. The van der Waals surface area contributed by atoms with E-state index in [4.69, 9.17) is 5.26 Å². The van der Waals surface area contributed by atoms with Gasteiger partial charge in [-0.3, -0.25) is 0 Å². The van der Waals surface area contributed by atoms with Crippen molar-refractivity contribution in [3.05, 3.63) is 23.3 Å². The Morgan fingerprint density at radius 2 is 2.00 bits per heavy atom. The molecular formula is C9H9NOS. The molecule has 0 atom stereocenters. The number of phenols is 1. The van der Waals surface area contributed by atoms with Crippen LogP contribution < -0.4 is 0 Å². The van der Waals surface area contributed by atoms with Crippen LogP contribution in [0, 0.1) is 24.5 Å². The second-order valence-corrected chi connectivity index (χ2v) is 3.42. The largest absolute Gasteiger partial charge is 0.508 e. The lowest BCUT2D eigenvalue weighted by Gasteiger charge is -2.03. The summed E-state index contributed by atoms with van der Waals surface area (Å²) in [5.41, 5.74) is 1.74. The van der Waals surface area contributed by atoms with Gasteiger partial charge in [0.2, 0.25) is 0 Å². The molecule has 0 radical (unpaired) electrons. The number of nitriles is 1. The molecule has 0 aliphatic heterocycles. The van der Waals surface area contributed by atoms with Gasteiger partial charge >= 0.3 is 0 Å². The molecule has 2 nitrogen and oxygen atoms in total. The summed E-state index contributed by atoms with van der Waals surface area (Å²) in [6, 6.07) is 3.49. The van der Waals surface area contributed by atoms with E-state index < -0.39 is 0 Å². The number of phenolic OH excluding ortho intramolecular Hbond substituents is 1. The van der Waals surface area contributed by atoms with Gasteiger partial charge in [0.1, 0.15) is 11.2 Å². The summed E-state index contributed by atoms with van der Waals surface area (Å²) in [4.78, 5) is 0.910. The van der Waals surface area contributed by atoms with Crippen molar-refractivity contribution >= 4 is 11.8 Å². The summed E-state index contributed by atoms with van der Waals surface area (Å²) in [5, 5.41) is 19.8. The Kier molecular flexibility index (Phi) is 2.61. The molecule has 1 rings (SSSR count). The summed E-state index contributed by atoms with van der Waals surface area (Å²) in [6.45, 7) is 3.69. The van der Waals surface area contributed by atoms with Crippen molar-refractivity contribution in [3.63, 3.8) is 0 Å². The smallest absolute Gasteiger partial charge is 0.138 e. The lowest BCUT2D eigenvalue weighted by Crippen LogP contribution is -1.81. The van der Waals surface area contributed by atoms with Gasteiger partial charge in [0.25, 0.3) is 0 Å². The first-order valence-corrected chi connectivity index (χ1v) is 4.33. The monoisotopic (exact) mass is 179 g/mol. The van der Waals surface area contributed by atoms with Crippen LogP contribution in [0.2, 0.25) is 0 Å². The Bertz CT molecular complexity index is 341. The molecule has 12 heavy (non-hydrogen) atoms. The van der Waals surface area contributed by atoms with E-state index in [2.05, 4.69) is 0 Å². The quantitative estimate of drug-likeness (QED) is 0.532. The SMILES string of the molecule is Cc1cc(SC#N)c(C)cc1O. The van der Waals surface area contributed by atoms with Crippen molar-refractivity contribution in [1.29, 1.82) is 5.26 Å². The standard InChI is InChI=1S/C9H9NOS/c1-6-4-9(12-5-10)7(2)3-8(6)11/h3-4,11H,1-2H3. The average molecular weight is 179 g/mol. The van der Waals surface area contributed by atoms with Crippen LogP contribution in [0.5, 0.6) is 5.75 Å². The number of hydrogen-bond acceptors (Lipinski definition) is 3. The van der Waals surface area contributed by atoms with Crippen LogP contribution in [0.15, 0.2) is 17.0 Å². The molecule has 1 N–H and O–H groups in total. The Morgan fingerprint density at radius 1 is 1.33 bits per heavy atom. The van der Waals surface area contributed by atoms with Crippen molar-refractivity contribution in [2.45, 2.75) is 18.7 Å². The van der Waals surface area contributed by atoms with Gasteiger partial charge in [-0.2, -0.15) is 5.26 Å². The zero-order chi connectivity index (χ0) is 9.14. The third-order valence-corrected chi connectivity index (χ3v) is 2.40. The van der Waals surface area contributed by atoms with Crippen LogP contribution in [0.1, 0.15) is 11.1 Å². The number of aromatic hydroxyl groups is 1. The predicted molar refractivity (Wildman–Crippen MR) is 49.1 cm³/mol. The maximum Gasteiger partial charge on any atom is 0.138 e. The first-order valence-electron chi connectivity index (χ1n) is 3.51. The van der Waals surface area contributed by atoms with Gasteiger partial charge in [0.15, 0.2) is 0 Å². The van der Waals surface area contributed by atoms with Crippen molar-refractivity contribution in [2.24, 2.45) is 0 Å². The Balaban J connectivity index is 3.16. The summed E-state index contributed by atoms with van der Waals surface area (Å²) in [5.74, 6) is 0.287. The molecule has 3 heteroatoms. The topological polar surface area (TPSA) is 44.0 Å². The molecule has 0 fully saturated rings. The minimum atomic E-state index is 0.287. The molecule has 0 aromatic heterocycles. The first kappa shape index (κ1) is 8.95. The number of hydrogen-bond donors (Lipinski definition) is 1. The molecule has 0 aliphatic carbocycles. The zero-order valence-electron chi connectivity index (χ0n) is 6.96. The number of benzene rings is 1. The fraction of sp³-hybridized carbons (Fsp3) is 0.222. The van der Waals surface area contributed by atoms with Crippen LogP contribution in [0.3, 0.4) is 0 Å². The molecule has 62 valence electrons. The number of rotatable bonds is 1. The van der Waals surface area contributed by atoms with Crippen LogP contribution in [-0.2, 0) is 0 Å². The van der Waals surface area contributed by atoms with E-state index in [0.717, 1.165) is 27.8 Å². The molecule has 0 bridgehead atoms. The molecular weight excluding hydrogens is 170 g/mol. The highest BCUT2D eigenvalue weighted by atomic mass is 32.2. The van der Waals surface area contributed by atoms with E-state index in [1.165, 1.54) is 0 Å². The summed E-state index contributed by atoms with van der Waals surface area (Å²) in [7, 11) is 0. The molecule has 0 unspecified atom stereocenters. The summed E-state index contributed by atoms with van der Waals surface area (Å²) in [6.07, 6.45) is 0. The minimum absolute atomic E-state index is 0.287. The highest BCUT2D eigenvalue weighted by Crippen LogP contribution is 2.27. The summed E-state index contributed by atoms with van der Waals surface area (Å²) >= 11 is 1.12. The van der Waals surface area contributed by atoms with Crippen LogP contribution in [0.25, 0.3) is 0 Å². The van der Waals surface area contributed by atoms with E-state index in [1.54, 1.807) is 6.07 Å². The minimum Gasteiger partial charge on any atom is -0.508 e. The van der Waals surface area contributed by atoms with Gasteiger partial charge in [0, 0.05) is 4.90 Å². The molecule has 0 spiro atoms. The average Bonchev–Trinajstić information content (AvgIpc) is 2.01. The van der Waals surface area contributed by atoms with E-state index in [0.29, 0.717) is 0 Å². The fourth-order valence-corrected chi connectivity index (χ4v) is 1.49. The third kappa shape index (κ3) is 1.72. The van der Waals surface area contributed by atoms with E-state index in [9.17, 15) is 5.11 Å². The Morgan fingerprint density at radius 3 is 2.58 bits per heavy atom. The second-order valence-electron chi connectivity index (χ2n) is 2.60. The normalized spacial score (nSPS) is 9.42. The molecule has 1 aromatic rings. The van der Waals surface area contributed by atoms with Crippen molar-refractivity contribution in [1.82, 2.24) is 0 Å². The highest BCUT2D eigenvalue weighted by Gasteiger charge is 2.02. The second kappa shape index (κ2) is 3.51. The molecule has 0 amide bonds. The van der Waals surface area contributed by atoms with E-state index in [-0.39, 0.29) is 5.75 Å². The molecule has 0 saturated carbocycles. The van der Waals surface area contributed by atoms with E-state index in [1.807, 2.05) is 25.3 Å². The number of thiocyanates is 1. The lowest BCUT2D eigenvalue weighted by atomic mass is 10.1. The maximum atomic E-state index is 9.30. The molecule has 0 saturated heterocycles. The fourth-order valence-electron chi connectivity index (χ4n) is 0.934. The first-order chi connectivity index (χ1) is 5.65. The van der Waals surface area contributed by atoms with Gasteiger partial charge < -0.3 is 5.11 Å². The van der Waals surface area contributed by atoms with Crippen molar-refractivity contribution < 1.29 is 5.11 Å². The van der Waals surface area contributed by atoms with Gasteiger partial charge in [-0.05, 0) is 48.9 Å². The number of thioether (sulfide) groups is 1. The maximum absolute atomic E-state index is 9.30. The highest BCUT2D eigenvalue weighted by molar-refractivity contribution is 8.03. The van der Waals surface area contributed by atoms with Gasteiger partial charge in [-0.25, -0.2) is 0 Å². The number of nitrogens with zero attached hydrogens (tertiary/aromatic N) is 1. The number of aryl methyl sites for hydroxylation is 2. The predicted octanol–water partition coefficient (Wildman–Crippen LogP) is 2.58. The van der Waals surface area contributed by atoms with Crippen LogP contribution >= 0.6 is 11.8 Å². The van der Waals surface area contributed by atoms with Gasteiger partial charge in [0.05, 0.1) is 0 Å². The van der Waals surface area contributed by atoms with Crippen molar-refractivity contribution in [3.8, 4) is 11.2 Å². The van der Waals surface area contributed by atoms with E-state index >= 15 is 0 Å². The summed E-state index contributed by atoms with van der Waals surface area (Å²) < 4.78 is 0. The zero-order valence-corrected chi connectivity index (χ0v) is 7.77. The molecule has 1 aromatic carbocycles. The van der Waals surface area contributed by atoms with Crippen LogP contribution in [0.4, 0.5) is 0 Å². The van der Waals surface area contributed by atoms with Crippen molar-refractivity contribution in [2.75, 3.05) is 0 Å². The Labute approximate surface area is 75.8 Å². The molecule has 0 heterocycles. The lowest BCUT2D eigenvalue weighted by molar-refractivity contribution is 0.470. The Hall–Kier alpha value is -1.14.